The van der Waals surface area contributed by atoms with E-state index in [1.54, 1.807) is 6.20 Å². The first kappa shape index (κ1) is 15.2. The second-order valence-corrected chi connectivity index (χ2v) is 4.66. The van der Waals surface area contributed by atoms with Crippen LogP contribution in [0.2, 0.25) is 0 Å². The molecule has 0 amide bonds. The first-order valence-electron chi connectivity index (χ1n) is 7.31. The molecule has 1 heterocycles. The van der Waals surface area contributed by atoms with Gasteiger partial charge in [-0.2, -0.15) is 0 Å². The molecule has 0 aliphatic rings. The van der Waals surface area contributed by atoms with Gasteiger partial charge in [-0.05, 0) is 50.6 Å². The summed E-state index contributed by atoms with van der Waals surface area (Å²) in [5, 5.41) is 3.43. The van der Waals surface area contributed by atoms with E-state index in [0.29, 0.717) is 19.1 Å². The topological polar surface area (TPSA) is 43.4 Å². The molecule has 1 N–H and O–H groups in total. The Morgan fingerprint density at radius 3 is 2.43 bits per heavy atom. The highest BCUT2D eigenvalue weighted by Crippen LogP contribution is 2.26. The predicted molar refractivity (Wildman–Crippen MR) is 85.1 cm³/mol. The van der Waals surface area contributed by atoms with E-state index in [4.69, 9.17) is 9.47 Å². The zero-order chi connectivity index (χ0) is 15.1. The largest absolute Gasteiger partial charge is 0.494 e. The van der Waals surface area contributed by atoms with Gasteiger partial charge in [0, 0.05) is 12.2 Å². The molecule has 0 fully saturated rings. The summed E-state index contributed by atoms with van der Waals surface area (Å²) in [6.07, 6.45) is 1.73. The van der Waals surface area contributed by atoms with E-state index in [-0.39, 0.29) is 6.04 Å². The van der Waals surface area contributed by atoms with Gasteiger partial charge in [-0.25, -0.2) is 4.98 Å². The van der Waals surface area contributed by atoms with Crippen molar-refractivity contribution in [3.8, 4) is 11.6 Å². The van der Waals surface area contributed by atoms with E-state index in [0.717, 1.165) is 11.4 Å². The molecule has 2 aromatic rings. The second kappa shape index (κ2) is 7.53. The van der Waals surface area contributed by atoms with Crippen LogP contribution in [0.15, 0.2) is 42.6 Å². The molecule has 0 spiro atoms. The van der Waals surface area contributed by atoms with E-state index >= 15 is 0 Å². The van der Waals surface area contributed by atoms with Gasteiger partial charge in [0.15, 0.2) is 0 Å². The Labute approximate surface area is 126 Å². The fourth-order valence-electron chi connectivity index (χ4n) is 2.09. The van der Waals surface area contributed by atoms with Crippen LogP contribution in [-0.2, 0) is 0 Å². The van der Waals surface area contributed by atoms with Gasteiger partial charge in [-0.15, -0.1) is 0 Å². The van der Waals surface area contributed by atoms with Crippen LogP contribution >= 0.6 is 0 Å². The van der Waals surface area contributed by atoms with Crippen LogP contribution in [0.1, 0.15) is 32.4 Å². The lowest BCUT2D eigenvalue weighted by molar-refractivity contribution is 0.328. The molecule has 0 aliphatic carbocycles. The normalized spacial score (nSPS) is 11.8. The highest BCUT2D eigenvalue weighted by molar-refractivity contribution is 5.53. The number of rotatable bonds is 7. The van der Waals surface area contributed by atoms with Crippen LogP contribution in [0, 0.1) is 0 Å². The molecule has 21 heavy (non-hydrogen) atoms. The Morgan fingerprint density at radius 1 is 1.05 bits per heavy atom. The fraction of sp³-hybridized carbons (Fsp3) is 0.353. The number of hydrogen-bond acceptors (Lipinski definition) is 4. The Kier molecular flexibility index (Phi) is 5.43. The Balaban J connectivity index is 2.08. The van der Waals surface area contributed by atoms with Crippen LogP contribution in [0.3, 0.4) is 0 Å². The van der Waals surface area contributed by atoms with E-state index in [1.165, 1.54) is 5.56 Å². The fourth-order valence-corrected chi connectivity index (χ4v) is 2.09. The molecule has 0 saturated carbocycles. The number of anilines is 1. The lowest BCUT2D eigenvalue weighted by Gasteiger charge is -2.18. The standard InChI is InChI=1S/C17H22N2O2/c1-4-20-15-10-8-14(9-11-15)13(3)19-16-7-6-12-18-17(16)21-5-2/h6-13,19H,4-5H2,1-3H3. The van der Waals surface area contributed by atoms with Crippen molar-refractivity contribution in [3.05, 3.63) is 48.2 Å². The lowest BCUT2D eigenvalue weighted by Crippen LogP contribution is -2.09. The summed E-state index contributed by atoms with van der Waals surface area (Å²) in [4.78, 5) is 4.25. The third kappa shape index (κ3) is 4.12. The molecule has 0 bridgehead atoms. The zero-order valence-electron chi connectivity index (χ0n) is 12.8. The van der Waals surface area contributed by atoms with Crippen LogP contribution in [0.5, 0.6) is 11.6 Å². The summed E-state index contributed by atoms with van der Waals surface area (Å²) in [6, 6.07) is 12.1. The molecule has 0 aliphatic heterocycles. The van der Waals surface area contributed by atoms with E-state index < -0.39 is 0 Å². The summed E-state index contributed by atoms with van der Waals surface area (Å²) in [5.41, 5.74) is 2.09. The van der Waals surface area contributed by atoms with Gasteiger partial charge in [-0.3, -0.25) is 0 Å². The van der Waals surface area contributed by atoms with Crippen molar-refractivity contribution in [2.24, 2.45) is 0 Å². The van der Waals surface area contributed by atoms with Crippen molar-refractivity contribution in [1.82, 2.24) is 4.98 Å². The average molecular weight is 286 g/mol. The second-order valence-electron chi connectivity index (χ2n) is 4.66. The first-order valence-corrected chi connectivity index (χ1v) is 7.31. The number of hydrogen-bond donors (Lipinski definition) is 1. The molecule has 2 rings (SSSR count). The molecule has 4 nitrogen and oxygen atoms in total. The van der Waals surface area contributed by atoms with E-state index in [2.05, 4.69) is 29.4 Å². The summed E-state index contributed by atoms with van der Waals surface area (Å²) in [7, 11) is 0. The van der Waals surface area contributed by atoms with Gasteiger partial charge >= 0.3 is 0 Å². The average Bonchev–Trinajstić information content (AvgIpc) is 2.50. The maximum absolute atomic E-state index is 5.53. The molecule has 4 heteroatoms. The maximum Gasteiger partial charge on any atom is 0.237 e. The van der Waals surface area contributed by atoms with Crippen molar-refractivity contribution in [1.29, 1.82) is 0 Å². The Hall–Kier alpha value is -2.23. The summed E-state index contributed by atoms with van der Waals surface area (Å²) < 4.78 is 11.0. The van der Waals surface area contributed by atoms with Crippen LogP contribution in [-0.4, -0.2) is 18.2 Å². The molecule has 112 valence electrons. The third-order valence-corrected chi connectivity index (χ3v) is 3.12. The van der Waals surface area contributed by atoms with Crippen molar-refractivity contribution >= 4 is 5.69 Å². The predicted octanol–water partition coefficient (Wildman–Crippen LogP) is 4.05. The smallest absolute Gasteiger partial charge is 0.237 e. The first-order chi connectivity index (χ1) is 10.2. The quantitative estimate of drug-likeness (QED) is 0.834. The van der Waals surface area contributed by atoms with Gasteiger partial charge < -0.3 is 14.8 Å². The third-order valence-electron chi connectivity index (χ3n) is 3.12. The molecule has 0 saturated heterocycles. The number of nitrogens with zero attached hydrogens (tertiary/aromatic N) is 1. The molecule has 1 unspecified atom stereocenters. The minimum Gasteiger partial charge on any atom is -0.494 e. The number of aromatic nitrogens is 1. The van der Waals surface area contributed by atoms with Gasteiger partial charge in [0.25, 0.3) is 0 Å². The molecule has 1 aromatic carbocycles. The van der Waals surface area contributed by atoms with Gasteiger partial charge in [-0.1, -0.05) is 12.1 Å². The van der Waals surface area contributed by atoms with Gasteiger partial charge in [0.1, 0.15) is 5.75 Å². The number of ether oxygens (including phenoxy) is 2. The molecule has 0 radical (unpaired) electrons. The molecule has 1 atom stereocenters. The zero-order valence-corrected chi connectivity index (χ0v) is 12.8. The van der Waals surface area contributed by atoms with Crippen molar-refractivity contribution < 1.29 is 9.47 Å². The minimum absolute atomic E-state index is 0.157. The highest BCUT2D eigenvalue weighted by Gasteiger charge is 2.10. The van der Waals surface area contributed by atoms with Crippen molar-refractivity contribution in [3.63, 3.8) is 0 Å². The maximum atomic E-state index is 5.53. The van der Waals surface area contributed by atoms with Crippen LogP contribution in [0.4, 0.5) is 5.69 Å². The number of pyridine rings is 1. The summed E-state index contributed by atoms with van der Waals surface area (Å²) in [6.45, 7) is 7.33. The SMILES string of the molecule is CCOc1ccc(C(C)Nc2cccnc2OCC)cc1. The van der Waals surface area contributed by atoms with E-state index in [1.807, 2.05) is 38.1 Å². The summed E-state index contributed by atoms with van der Waals surface area (Å²) in [5.74, 6) is 1.53. The Morgan fingerprint density at radius 2 is 1.76 bits per heavy atom. The lowest BCUT2D eigenvalue weighted by atomic mass is 10.1. The number of benzene rings is 1. The monoisotopic (exact) mass is 286 g/mol. The van der Waals surface area contributed by atoms with Crippen molar-refractivity contribution in [2.45, 2.75) is 26.8 Å². The Bertz CT molecular complexity index is 555. The minimum atomic E-state index is 0.157. The van der Waals surface area contributed by atoms with Gasteiger partial charge in [0.05, 0.1) is 18.9 Å². The molecular weight excluding hydrogens is 264 g/mol. The van der Waals surface area contributed by atoms with Crippen molar-refractivity contribution in [2.75, 3.05) is 18.5 Å². The highest BCUT2D eigenvalue weighted by atomic mass is 16.5. The summed E-state index contributed by atoms with van der Waals surface area (Å²) >= 11 is 0. The van der Waals surface area contributed by atoms with Crippen LogP contribution < -0.4 is 14.8 Å². The molecular formula is C17H22N2O2. The molecule has 1 aromatic heterocycles. The van der Waals surface area contributed by atoms with Crippen LogP contribution in [0.25, 0.3) is 0 Å². The van der Waals surface area contributed by atoms with E-state index in [9.17, 15) is 0 Å². The van der Waals surface area contributed by atoms with Gasteiger partial charge in [0.2, 0.25) is 5.88 Å². The number of nitrogens with one attached hydrogen (secondary N) is 1.